The summed E-state index contributed by atoms with van der Waals surface area (Å²) in [4.78, 5) is 6.35. The Balaban J connectivity index is 2.74. The number of aromatic nitrogens is 2. The lowest BCUT2D eigenvalue weighted by atomic mass is 10.1. The van der Waals surface area contributed by atoms with E-state index in [1.807, 2.05) is 0 Å². The molecule has 2 rings (SSSR count). The number of rotatable bonds is 0. The SMILES string of the molecule is Cc1c(C(F)(F)F)ccc2[nH][c]nc12. The fourth-order valence-corrected chi connectivity index (χ4v) is 1.40. The fourth-order valence-electron chi connectivity index (χ4n) is 1.40. The van der Waals surface area contributed by atoms with E-state index in [1.165, 1.54) is 13.0 Å². The van der Waals surface area contributed by atoms with Gasteiger partial charge in [0.25, 0.3) is 0 Å². The third-order valence-electron chi connectivity index (χ3n) is 2.09. The van der Waals surface area contributed by atoms with Gasteiger partial charge >= 0.3 is 6.18 Å². The van der Waals surface area contributed by atoms with E-state index in [9.17, 15) is 13.2 Å². The third-order valence-corrected chi connectivity index (χ3v) is 2.09. The molecule has 1 heterocycles. The smallest absolute Gasteiger partial charge is 0.335 e. The second kappa shape index (κ2) is 2.73. The molecule has 0 aliphatic rings. The van der Waals surface area contributed by atoms with E-state index >= 15 is 0 Å². The Morgan fingerprint density at radius 2 is 2.07 bits per heavy atom. The molecular formula is C9H6F3N2. The molecule has 0 fully saturated rings. The average Bonchev–Trinajstić information content (AvgIpc) is 2.50. The van der Waals surface area contributed by atoms with Crippen molar-refractivity contribution in [3.8, 4) is 0 Å². The Bertz CT molecular complexity index is 470. The van der Waals surface area contributed by atoms with Crippen LogP contribution in [-0.4, -0.2) is 9.97 Å². The number of halogens is 3. The Morgan fingerprint density at radius 1 is 1.36 bits per heavy atom. The van der Waals surface area contributed by atoms with Crippen LogP contribution >= 0.6 is 0 Å². The van der Waals surface area contributed by atoms with Gasteiger partial charge in [-0.25, -0.2) is 4.98 Å². The van der Waals surface area contributed by atoms with Crippen LogP contribution in [0.2, 0.25) is 0 Å². The number of hydrogen-bond acceptors (Lipinski definition) is 1. The van der Waals surface area contributed by atoms with Gasteiger partial charge in [0.2, 0.25) is 0 Å². The van der Waals surface area contributed by atoms with Crippen LogP contribution < -0.4 is 0 Å². The van der Waals surface area contributed by atoms with Gasteiger partial charge in [0.1, 0.15) is 0 Å². The lowest BCUT2D eigenvalue weighted by Crippen LogP contribution is -2.07. The van der Waals surface area contributed by atoms with Crippen molar-refractivity contribution in [3.63, 3.8) is 0 Å². The molecule has 0 unspecified atom stereocenters. The summed E-state index contributed by atoms with van der Waals surface area (Å²) < 4.78 is 37.3. The highest BCUT2D eigenvalue weighted by molar-refractivity contribution is 5.79. The Labute approximate surface area is 77.8 Å². The molecule has 73 valence electrons. The summed E-state index contributed by atoms with van der Waals surface area (Å²) in [5.74, 6) is 0. The second-order valence-corrected chi connectivity index (χ2v) is 2.98. The fraction of sp³-hybridized carbons (Fsp3) is 0.222. The van der Waals surface area contributed by atoms with Crippen LogP contribution in [-0.2, 0) is 6.18 Å². The molecule has 0 saturated carbocycles. The minimum atomic E-state index is -4.32. The number of H-pyrrole nitrogens is 1. The molecule has 0 bridgehead atoms. The van der Waals surface area contributed by atoms with E-state index in [1.54, 1.807) is 0 Å². The van der Waals surface area contributed by atoms with Gasteiger partial charge in [-0.15, -0.1) is 0 Å². The number of alkyl halides is 3. The second-order valence-electron chi connectivity index (χ2n) is 2.98. The molecule has 1 radical (unpaired) electrons. The predicted octanol–water partition coefficient (Wildman–Crippen LogP) is 2.69. The number of benzene rings is 1. The van der Waals surface area contributed by atoms with Gasteiger partial charge in [-0.2, -0.15) is 13.2 Å². The first kappa shape index (κ1) is 9.05. The van der Waals surface area contributed by atoms with Crippen LogP contribution in [0.1, 0.15) is 11.1 Å². The Morgan fingerprint density at radius 3 is 2.71 bits per heavy atom. The number of imidazole rings is 1. The first-order valence-electron chi connectivity index (χ1n) is 3.92. The van der Waals surface area contributed by atoms with Gasteiger partial charge in [-0.3, -0.25) is 0 Å². The van der Waals surface area contributed by atoms with E-state index in [-0.39, 0.29) is 5.56 Å². The van der Waals surface area contributed by atoms with Crippen molar-refractivity contribution in [2.75, 3.05) is 0 Å². The third kappa shape index (κ3) is 1.25. The zero-order valence-corrected chi connectivity index (χ0v) is 7.24. The Hall–Kier alpha value is -1.52. The molecular weight excluding hydrogens is 193 g/mol. The molecule has 1 aromatic carbocycles. The van der Waals surface area contributed by atoms with Crippen molar-refractivity contribution in [3.05, 3.63) is 29.6 Å². The number of nitrogens with one attached hydrogen (secondary N) is 1. The first-order valence-corrected chi connectivity index (χ1v) is 3.92. The standard InChI is InChI=1S/C9H6F3N2/c1-5-6(9(10,11)12)2-3-7-8(5)14-4-13-7/h2-3H,1H3,(H,13,14). The van der Waals surface area contributed by atoms with Gasteiger partial charge in [0.05, 0.1) is 16.6 Å². The summed E-state index contributed by atoms with van der Waals surface area (Å²) in [6, 6.07) is 2.40. The molecule has 0 atom stereocenters. The van der Waals surface area contributed by atoms with E-state index in [2.05, 4.69) is 16.3 Å². The Kier molecular flexibility index (Phi) is 1.77. The summed E-state index contributed by atoms with van der Waals surface area (Å²) in [6.45, 7) is 1.40. The van der Waals surface area contributed by atoms with Crippen LogP contribution in [0.25, 0.3) is 11.0 Å². The number of fused-ring (bicyclic) bond motifs is 1. The van der Waals surface area contributed by atoms with Crippen LogP contribution in [0.15, 0.2) is 12.1 Å². The van der Waals surface area contributed by atoms with Crippen LogP contribution in [0, 0.1) is 13.3 Å². The van der Waals surface area contributed by atoms with Crippen molar-refractivity contribution < 1.29 is 13.2 Å². The quantitative estimate of drug-likeness (QED) is 0.694. The number of aryl methyl sites for hydroxylation is 1. The molecule has 0 spiro atoms. The topological polar surface area (TPSA) is 28.7 Å². The lowest BCUT2D eigenvalue weighted by molar-refractivity contribution is -0.137. The summed E-state index contributed by atoms with van der Waals surface area (Å²) >= 11 is 0. The maximum Gasteiger partial charge on any atom is 0.416 e. The van der Waals surface area contributed by atoms with Gasteiger partial charge in [-0.1, -0.05) is 0 Å². The summed E-state index contributed by atoms with van der Waals surface area (Å²) in [5.41, 5.74) is 0.369. The van der Waals surface area contributed by atoms with Crippen LogP contribution in [0.3, 0.4) is 0 Å². The van der Waals surface area contributed by atoms with Crippen molar-refractivity contribution in [2.24, 2.45) is 0 Å². The highest BCUT2D eigenvalue weighted by Crippen LogP contribution is 2.33. The minimum Gasteiger partial charge on any atom is -0.335 e. The van der Waals surface area contributed by atoms with Gasteiger partial charge in [-0.05, 0) is 24.6 Å². The van der Waals surface area contributed by atoms with E-state index in [4.69, 9.17) is 0 Å². The average molecular weight is 199 g/mol. The molecule has 1 N–H and O–H groups in total. The van der Waals surface area contributed by atoms with Crippen molar-refractivity contribution in [2.45, 2.75) is 13.1 Å². The zero-order valence-electron chi connectivity index (χ0n) is 7.24. The number of nitrogens with zero attached hydrogens (tertiary/aromatic N) is 1. The summed E-state index contributed by atoms with van der Waals surface area (Å²) in [7, 11) is 0. The van der Waals surface area contributed by atoms with Gasteiger partial charge < -0.3 is 4.98 Å². The lowest BCUT2D eigenvalue weighted by Gasteiger charge is -2.09. The van der Waals surface area contributed by atoms with Crippen LogP contribution in [0.4, 0.5) is 13.2 Å². The number of aromatic amines is 1. The maximum atomic E-state index is 12.4. The van der Waals surface area contributed by atoms with E-state index in [0.29, 0.717) is 11.0 Å². The zero-order chi connectivity index (χ0) is 10.3. The highest BCUT2D eigenvalue weighted by Gasteiger charge is 2.33. The molecule has 5 heteroatoms. The van der Waals surface area contributed by atoms with Crippen LogP contribution in [0.5, 0.6) is 0 Å². The number of hydrogen-bond donors (Lipinski definition) is 1. The molecule has 0 amide bonds. The molecule has 0 aliphatic carbocycles. The summed E-state index contributed by atoms with van der Waals surface area (Å²) in [6.07, 6.45) is -1.91. The molecule has 2 nitrogen and oxygen atoms in total. The molecule has 1 aromatic heterocycles. The van der Waals surface area contributed by atoms with Gasteiger partial charge in [0, 0.05) is 0 Å². The predicted molar refractivity (Wildman–Crippen MR) is 44.7 cm³/mol. The maximum absolute atomic E-state index is 12.4. The molecule has 2 aromatic rings. The monoisotopic (exact) mass is 199 g/mol. The van der Waals surface area contributed by atoms with Crippen molar-refractivity contribution in [1.29, 1.82) is 0 Å². The minimum absolute atomic E-state index is 0.132. The van der Waals surface area contributed by atoms with Gasteiger partial charge in [0.15, 0.2) is 6.33 Å². The van der Waals surface area contributed by atoms with Crippen molar-refractivity contribution >= 4 is 11.0 Å². The largest absolute Gasteiger partial charge is 0.416 e. The van der Waals surface area contributed by atoms with E-state index < -0.39 is 11.7 Å². The first-order chi connectivity index (χ1) is 6.50. The van der Waals surface area contributed by atoms with E-state index in [0.717, 1.165) is 6.07 Å². The molecule has 0 saturated heterocycles. The highest BCUT2D eigenvalue weighted by atomic mass is 19.4. The van der Waals surface area contributed by atoms with Crippen molar-refractivity contribution in [1.82, 2.24) is 9.97 Å². The normalized spacial score (nSPS) is 12.3. The summed E-state index contributed by atoms with van der Waals surface area (Å²) in [5, 5.41) is 0. The molecule has 14 heavy (non-hydrogen) atoms. The molecule has 0 aliphatic heterocycles.